The molecule has 0 aromatic heterocycles. The van der Waals surface area contributed by atoms with Crippen molar-refractivity contribution in [3.63, 3.8) is 0 Å². The molecular weight excluding hydrogens is 745 g/mol. The van der Waals surface area contributed by atoms with Gasteiger partial charge in [-0.3, -0.25) is 14.9 Å². The number of imide groups is 1. The maximum Gasteiger partial charge on any atom is 0.341 e. The molecule has 0 aliphatic carbocycles. The molecule has 2 amide bonds. The number of rotatable bonds is 36. The normalized spacial score (nSPS) is 11.5. The van der Waals surface area contributed by atoms with Gasteiger partial charge in [0.05, 0.1) is 9.13 Å². The molecule has 0 saturated heterocycles. The number of benzene rings is 1. The van der Waals surface area contributed by atoms with E-state index in [1.54, 1.807) is 6.07 Å². The largest absolute Gasteiger partial charge is 0.341 e. The van der Waals surface area contributed by atoms with Crippen LogP contribution in [-0.4, -0.2) is 11.8 Å². The van der Waals surface area contributed by atoms with E-state index in [2.05, 4.69) is 19.2 Å². The van der Waals surface area contributed by atoms with Gasteiger partial charge in [0.15, 0.2) is 0 Å². The van der Waals surface area contributed by atoms with E-state index in [1.807, 2.05) is 6.07 Å². The maximum absolute atomic E-state index is 12.9. The van der Waals surface area contributed by atoms with Gasteiger partial charge < -0.3 is 0 Å². The van der Waals surface area contributed by atoms with Gasteiger partial charge in [0, 0.05) is 6.92 Å². The van der Waals surface area contributed by atoms with Gasteiger partial charge in [-0.15, -0.1) is 0 Å². The SMILES string of the molecule is CCCCCCCCCCCCCCCCCCc1cc(CCCCCCCCCCCCCCCCCC)c(I(=O)=O)c(C(=O)NC(C)=O)c1. The van der Waals surface area contributed by atoms with Gasteiger partial charge in [-0.1, -0.05) is 213 Å². The van der Waals surface area contributed by atoms with E-state index in [9.17, 15) is 15.7 Å². The van der Waals surface area contributed by atoms with Crippen molar-refractivity contribution in [2.24, 2.45) is 0 Å². The third kappa shape index (κ3) is 27.0. The lowest BCUT2D eigenvalue weighted by molar-refractivity contribution is -0.118. The van der Waals surface area contributed by atoms with E-state index in [0.717, 1.165) is 43.2 Å². The summed E-state index contributed by atoms with van der Waals surface area (Å²) in [6.45, 7) is 5.84. The number of amides is 2. The zero-order valence-electron chi connectivity index (χ0n) is 33.7. The second kappa shape index (κ2) is 34.5. The van der Waals surface area contributed by atoms with Gasteiger partial charge in [-0.2, -0.15) is 0 Å². The van der Waals surface area contributed by atoms with Gasteiger partial charge in [-0.25, -0.2) is 6.14 Å². The van der Waals surface area contributed by atoms with E-state index >= 15 is 0 Å². The first-order chi connectivity index (χ1) is 24.9. The predicted octanol–water partition coefficient (Wildman–Crippen LogP) is 14.9. The summed E-state index contributed by atoms with van der Waals surface area (Å²) in [7, 11) is 0. The Morgan fingerprint density at radius 2 is 0.784 bits per heavy atom. The molecule has 0 unspecified atom stereocenters. The molecule has 1 N–H and O–H groups in total. The average Bonchev–Trinajstić information content (AvgIpc) is 3.10. The number of hydrogen-bond acceptors (Lipinski definition) is 4. The summed E-state index contributed by atoms with van der Waals surface area (Å²) < 4.78 is 25.2. The molecule has 296 valence electrons. The Morgan fingerprint density at radius 1 is 0.471 bits per heavy atom. The third-order valence-corrected chi connectivity index (χ3v) is 12.7. The molecule has 0 atom stereocenters. The Bertz CT molecular complexity index is 1070. The highest BCUT2D eigenvalue weighted by Crippen LogP contribution is 2.30. The highest BCUT2D eigenvalue weighted by atomic mass is 127. The summed E-state index contributed by atoms with van der Waals surface area (Å²) in [5, 5.41) is 2.33. The fourth-order valence-corrected chi connectivity index (χ4v) is 9.26. The van der Waals surface area contributed by atoms with Crippen LogP contribution in [0.2, 0.25) is 0 Å². The fraction of sp³-hybridized carbons (Fsp3) is 0.822. The van der Waals surface area contributed by atoms with Crippen molar-refractivity contribution in [2.75, 3.05) is 0 Å². The first-order valence-corrected chi connectivity index (χ1v) is 24.8. The van der Waals surface area contributed by atoms with Crippen molar-refractivity contribution < 1.29 is 15.7 Å². The number of halogens is 1. The van der Waals surface area contributed by atoms with Crippen LogP contribution in [0.15, 0.2) is 12.1 Å². The third-order valence-electron chi connectivity index (χ3n) is 10.5. The first-order valence-electron chi connectivity index (χ1n) is 21.9. The van der Waals surface area contributed by atoms with Gasteiger partial charge in [0.25, 0.3) is 5.91 Å². The minimum absolute atomic E-state index is 0.167. The molecule has 1 aromatic carbocycles. The number of aryl methyl sites for hydroxylation is 2. The quantitative estimate of drug-likeness (QED) is 0.0540. The summed E-state index contributed by atoms with van der Waals surface area (Å²) in [4.78, 5) is 24.6. The van der Waals surface area contributed by atoms with Gasteiger partial charge in [0.1, 0.15) is 0 Å². The van der Waals surface area contributed by atoms with Crippen molar-refractivity contribution in [1.29, 1.82) is 0 Å². The second-order valence-electron chi connectivity index (χ2n) is 15.5. The standard InChI is InChI=1S/C45H80INO4/c1-4-6-8-10-12-14-16-18-20-22-24-26-28-30-32-34-36-41-38-42(44(46(50)51)43(39-41)45(49)47-40(3)48)37-35-33-31-29-27-25-23-21-19-17-15-13-11-9-7-5-2/h38-39H,4-37H2,1-3H3,(H,47,48,49). The Labute approximate surface area is 322 Å². The van der Waals surface area contributed by atoms with Crippen molar-refractivity contribution in [3.05, 3.63) is 32.4 Å². The van der Waals surface area contributed by atoms with Crippen LogP contribution in [-0.2, 0) is 23.8 Å². The van der Waals surface area contributed by atoms with E-state index in [4.69, 9.17) is 0 Å². The Hall–Kier alpha value is -1.31. The van der Waals surface area contributed by atoms with Crippen molar-refractivity contribution in [3.8, 4) is 0 Å². The second-order valence-corrected chi connectivity index (χ2v) is 17.8. The summed E-state index contributed by atoms with van der Waals surface area (Å²) in [6.07, 6.45) is 43.5. The van der Waals surface area contributed by atoms with Crippen LogP contribution in [0.1, 0.15) is 248 Å². The van der Waals surface area contributed by atoms with E-state index in [-0.39, 0.29) is 9.13 Å². The van der Waals surface area contributed by atoms with Crippen molar-refractivity contribution in [1.82, 2.24) is 5.32 Å². The Morgan fingerprint density at radius 3 is 1.10 bits per heavy atom. The molecule has 1 rings (SSSR count). The minimum atomic E-state index is -3.96. The van der Waals surface area contributed by atoms with Crippen LogP contribution >= 0.6 is 19.8 Å². The molecule has 0 fully saturated rings. The van der Waals surface area contributed by atoms with Gasteiger partial charge in [-0.05, 0) is 42.9 Å². The molecule has 0 aliphatic heterocycles. The van der Waals surface area contributed by atoms with Crippen LogP contribution in [0.25, 0.3) is 0 Å². The van der Waals surface area contributed by atoms with E-state index in [0.29, 0.717) is 6.42 Å². The Balaban J connectivity index is 2.39. The number of nitrogens with one attached hydrogen (secondary N) is 1. The van der Waals surface area contributed by atoms with Gasteiger partial charge in [0.2, 0.25) is 5.91 Å². The van der Waals surface area contributed by atoms with Crippen LogP contribution in [0, 0.1) is 3.57 Å². The molecule has 1 aromatic rings. The lowest BCUT2D eigenvalue weighted by Crippen LogP contribution is -2.29. The van der Waals surface area contributed by atoms with E-state index in [1.165, 1.54) is 187 Å². The monoisotopic (exact) mass is 826 g/mol. The van der Waals surface area contributed by atoms with Crippen LogP contribution in [0.5, 0.6) is 0 Å². The lowest BCUT2D eigenvalue weighted by Gasteiger charge is -2.13. The summed E-state index contributed by atoms with van der Waals surface area (Å²) >= 11 is -3.96. The summed E-state index contributed by atoms with van der Waals surface area (Å²) in [5.41, 5.74) is 1.96. The maximum atomic E-state index is 12.9. The zero-order chi connectivity index (χ0) is 37.2. The molecule has 0 bridgehead atoms. The van der Waals surface area contributed by atoms with Crippen LogP contribution in [0.3, 0.4) is 0 Å². The highest BCUT2D eigenvalue weighted by Gasteiger charge is 2.21. The number of unbranched alkanes of at least 4 members (excludes halogenated alkanes) is 30. The Kier molecular flexibility index (Phi) is 32.2. The van der Waals surface area contributed by atoms with Gasteiger partial charge >= 0.3 is 19.8 Å². The molecule has 0 radical (unpaired) electrons. The number of carbonyl (C=O) groups excluding carboxylic acids is 2. The summed E-state index contributed by atoms with van der Waals surface area (Å²) in [5.74, 6) is -1.06. The highest BCUT2D eigenvalue weighted by molar-refractivity contribution is 14.2. The zero-order valence-corrected chi connectivity index (χ0v) is 35.9. The van der Waals surface area contributed by atoms with Crippen molar-refractivity contribution in [2.45, 2.75) is 239 Å². The molecule has 51 heavy (non-hydrogen) atoms. The van der Waals surface area contributed by atoms with E-state index < -0.39 is 31.6 Å². The molecule has 5 nitrogen and oxygen atoms in total. The first kappa shape index (κ1) is 47.7. The van der Waals surface area contributed by atoms with Crippen LogP contribution in [0.4, 0.5) is 0 Å². The minimum Gasteiger partial charge on any atom is -0.293 e. The molecule has 6 heteroatoms. The number of carbonyl (C=O) groups is 2. The van der Waals surface area contributed by atoms with Crippen LogP contribution < -0.4 is 5.32 Å². The molecule has 0 spiro atoms. The number of hydrogen-bond donors (Lipinski definition) is 1. The molecule has 0 saturated carbocycles. The van der Waals surface area contributed by atoms with Crippen molar-refractivity contribution >= 4 is 31.6 Å². The lowest BCUT2D eigenvalue weighted by atomic mass is 9.96. The average molecular weight is 826 g/mol. The smallest absolute Gasteiger partial charge is 0.293 e. The predicted molar refractivity (Wildman–Crippen MR) is 225 cm³/mol. The topological polar surface area (TPSA) is 80.3 Å². The fourth-order valence-electron chi connectivity index (χ4n) is 7.39. The molecular formula is C45H80INO4. The molecule has 0 heterocycles. The summed E-state index contributed by atoms with van der Waals surface area (Å²) in [6, 6.07) is 3.77. The molecule has 0 aliphatic rings.